The molecule has 1 aromatic carbocycles. The number of halogens is 3. The summed E-state index contributed by atoms with van der Waals surface area (Å²) in [5.74, 6) is -0.494. The van der Waals surface area contributed by atoms with E-state index in [-0.39, 0.29) is 30.0 Å². The molecule has 2 heterocycles. The minimum atomic E-state index is -4.85. The molecule has 8 nitrogen and oxygen atoms in total. The van der Waals surface area contributed by atoms with Crippen LogP contribution < -0.4 is 10.2 Å². The van der Waals surface area contributed by atoms with Gasteiger partial charge in [0.25, 0.3) is 0 Å². The van der Waals surface area contributed by atoms with Crippen molar-refractivity contribution in [3.05, 3.63) is 58.5 Å². The molecule has 0 amide bonds. The number of alkyl halides is 3. The molecule has 0 aliphatic carbocycles. The molecule has 0 atom stereocenters. The van der Waals surface area contributed by atoms with Crippen LogP contribution in [0.1, 0.15) is 18.5 Å². The number of H-pyrrole nitrogens is 1. The number of pyridine rings is 1. The lowest BCUT2D eigenvalue weighted by molar-refractivity contribution is -0.274. The van der Waals surface area contributed by atoms with Crippen molar-refractivity contribution < 1.29 is 31.2 Å². The first-order valence-electron chi connectivity index (χ1n) is 8.85. The zero-order valence-corrected chi connectivity index (χ0v) is 16.4. The minimum Gasteiger partial charge on any atom is -0.406 e. The van der Waals surface area contributed by atoms with Crippen molar-refractivity contribution in [1.29, 1.82) is 0 Å². The number of rotatable bonds is 6. The Kier molecular flexibility index (Phi) is 6.46. The molecule has 1 aliphatic heterocycles. The highest BCUT2D eigenvalue weighted by molar-refractivity contribution is 7.89. The van der Waals surface area contributed by atoms with E-state index in [1.165, 1.54) is 22.6 Å². The Hall–Kier alpha value is -2.86. The smallest absolute Gasteiger partial charge is 0.406 e. The summed E-state index contributed by atoms with van der Waals surface area (Å²) >= 11 is 0. The zero-order valence-electron chi connectivity index (χ0n) is 15.6. The molecule has 1 N–H and O–H groups in total. The van der Waals surface area contributed by atoms with Crippen molar-refractivity contribution in [1.82, 2.24) is 9.29 Å². The van der Waals surface area contributed by atoms with E-state index >= 15 is 0 Å². The normalized spacial score (nSPS) is 15.6. The molecule has 162 valence electrons. The molecular formula is C18H18F3N3O5S. The number of benzene rings is 1. The Morgan fingerprint density at radius 1 is 1.10 bits per heavy atom. The highest BCUT2D eigenvalue weighted by Crippen LogP contribution is 2.26. The standard InChI is InChI=1S/C18H18F3N3O5S/c19-18(20,21)29-16-1-3-17(4-2-16)30(26,27)24-9-6-13(7-10-24)23-28-12-14-11-15(25)5-8-22-14/h1-5,8,11H,6-7,9-10,12H2,(H,22,25). The first kappa shape index (κ1) is 21.8. The summed E-state index contributed by atoms with van der Waals surface area (Å²) < 4.78 is 67.0. The molecule has 3 rings (SSSR count). The number of aromatic nitrogens is 1. The molecule has 0 unspecified atom stereocenters. The van der Waals surface area contributed by atoms with Crippen LogP contribution >= 0.6 is 0 Å². The zero-order chi connectivity index (χ0) is 21.8. The maximum Gasteiger partial charge on any atom is 0.573 e. The van der Waals surface area contributed by atoms with Gasteiger partial charge in [-0.15, -0.1) is 13.2 Å². The Labute approximate surface area is 170 Å². The van der Waals surface area contributed by atoms with Gasteiger partial charge < -0.3 is 14.6 Å². The molecule has 1 saturated heterocycles. The van der Waals surface area contributed by atoms with E-state index in [4.69, 9.17) is 4.84 Å². The van der Waals surface area contributed by atoms with E-state index in [1.54, 1.807) is 0 Å². The molecule has 1 aromatic heterocycles. The van der Waals surface area contributed by atoms with Gasteiger partial charge in [0.15, 0.2) is 12.0 Å². The highest BCUT2D eigenvalue weighted by Gasteiger charge is 2.32. The van der Waals surface area contributed by atoms with Crippen molar-refractivity contribution in [2.45, 2.75) is 30.7 Å². The Morgan fingerprint density at radius 3 is 2.37 bits per heavy atom. The van der Waals surface area contributed by atoms with Crippen LogP contribution in [0.4, 0.5) is 13.2 Å². The SMILES string of the molecule is O=c1cc[nH]c(CON=C2CCN(S(=O)(=O)c3ccc(OC(F)(F)F)cc3)CC2)c1. The second-order valence-corrected chi connectivity index (χ2v) is 8.34. The Bertz CT molecular complexity index is 1060. The number of nitrogens with one attached hydrogen (secondary N) is 1. The lowest BCUT2D eigenvalue weighted by Gasteiger charge is -2.26. The first-order valence-corrected chi connectivity index (χ1v) is 10.3. The van der Waals surface area contributed by atoms with Gasteiger partial charge >= 0.3 is 6.36 Å². The number of oxime groups is 1. The lowest BCUT2D eigenvalue weighted by atomic mass is 10.1. The minimum absolute atomic E-state index is 0.0773. The fraction of sp³-hybridized carbons (Fsp3) is 0.333. The number of ether oxygens (including phenoxy) is 1. The van der Waals surface area contributed by atoms with Gasteiger partial charge in [0.2, 0.25) is 10.0 Å². The van der Waals surface area contributed by atoms with Crippen molar-refractivity contribution in [2.75, 3.05) is 13.1 Å². The maximum absolute atomic E-state index is 12.7. The molecule has 30 heavy (non-hydrogen) atoms. The number of sulfonamides is 1. The summed E-state index contributed by atoms with van der Waals surface area (Å²) in [6.45, 7) is 0.398. The molecule has 1 aliphatic rings. The van der Waals surface area contributed by atoms with E-state index in [0.29, 0.717) is 24.2 Å². The van der Waals surface area contributed by atoms with E-state index in [1.807, 2.05) is 0 Å². The van der Waals surface area contributed by atoms with Crippen LogP contribution in [0.2, 0.25) is 0 Å². The maximum atomic E-state index is 12.7. The van der Waals surface area contributed by atoms with Crippen LogP contribution in [0, 0.1) is 0 Å². The fourth-order valence-corrected chi connectivity index (χ4v) is 4.25. The molecule has 0 saturated carbocycles. The fourth-order valence-electron chi connectivity index (χ4n) is 2.81. The van der Waals surface area contributed by atoms with E-state index in [9.17, 15) is 26.4 Å². The molecule has 2 aromatic rings. The van der Waals surface area contributed by atoms with Crippen LogP contribution in [0.25, 0.3) is 0 Å². The van der Waals surface area contributed by atoms with Crippen molar-refractivity contribution in [3.8, 4) is 5.75 Å². The molecular weight excluding hydrogens is 427 g/mol. The average molecular weight is 445 g/mol. The van der Waals surface area contributed by atoms with Crippen LogP contribution in [0.15, 0.2) is 57.4 Å². The summed E-state index contributed by atoms with van der Waals surface area (Å²) in [7, 11) is -3.85. The van der Waals surface area contributed by atoms with E-state index < -0.39 is 22.1 Å². The Balaban J connectivity index is 1.56. The van der Waals surface area contributed by atoms with Crippen molar-refractivity contribution in [3.63, 3.8) is 0 Å². The monoisotopic (exact) mass is 445 g/mol. The summed E-state index contributed by atoms with van der Waals surface area (Å²) in [6.07, 6.45) is -2.65. The van der Waals surface area contributed by atoms with Gasteiger partial charge in [0.05, 0.1) is 16.3 Å². The van der Waals surface area contributed by atoms with Crippen LogP contribution in [0.5, 0.6) is 5.75 Å². The van der Waals surface area contributed by atoms with Crippen molar-refractivity contribution in [2.24, 2.45) is 5.16 Å². The lowest BCUT2D eigenvalue weighted by Crippen LogP contribution is -2.38. The van der Waals surface area contributed by atoms with Crippen LogP contribution in [-0.4, -0.2) is 42.9 Å². The van der Waals surface area contributed by atoms with Gasteiger partial charge in [-0.3, -0.25) is 4.79 Å². The first-order chi connectivity index (χ1) is 14.1. The summed E-state index contributed by atoms with van der Waals surface area (Å²) in [5, 5.41) is 3.99. The highest BCUT2D eigenvalue weighted by atomic mass is 32.2. The van der Waals surface area contributed by atoms with Crippen LogP contribution in [-0.2, 0) is 21.5 Å². The van der Waals surface area contributed by atoms with Gasteiger partial charge in [-0.25, -0.2) is 8.42 Å². The summed E-state index contributed by atoms with van der Waals surface area (Å²) in [6, 6.07) is 6.83. The van der Waals surface area contributed by atoms with Gasteiger partial charge in [-0.05, 0) is 24.3 Å². The molecule has 12 heteroatoms. The third-order valence-electron chi connectivity index (χ3n) is 4.24. The number of aromatic amines is 1. The second-order valence-electron chi connectivity index (χ2n) is 6.40. The predicted octanol–water partition coefficient (Wildman–Crippen LogP) is 2.63. The number of nitrogens with zero attached hydrogens (tertiary/aromatic N) is 2. The van der Waals surface area contributed by atoms with Crippen molar-refractivity contribution >= 4 is 15.7 Å². The average Bonchev–Trinajstić information content (AvgIpc) is 2.68. The van der Waals surface area contributed by atoms with Gasteiger partial charge in [-0.2, -0.15) is 4.31 Å². The molecule has 0 bridgehead atoms. The van der Waals surface area contributed by atoms with Gasteiger partial charge in [-0.1, -0.05) is 5.16 Å². The van der Waals surface area contributed by atoms with Gasteiger partial charge in [0, 0.05) is 44.3 Å². The largest absolute Gasteiger partial charge is 0.573 e. The number of hydrogen-bond donors (Lipinski definition) is 1. The number of hydrogen-bond acceptors (Lipinski definition) is 6. The topological polar surface area (TPSA) is 101 Å². The predicted molar refractivity (Wildman–Crippen MR) is 100 cm³/mol. The van der Waals surface area contributed by atoms with Gasteiger partial charge in [0.1, 0.15) is 5.75 Å². The second kappa shape index (κ2) is 8.88. The molecule has 1 fully saturated rings. The third-order valence-corrected chi connectivity index (χ3v) is 6.15. The summed E-state index contributed by atoms with van der Waals surface area (Å²) in [4.78, 5) is 19.2. The molecule has 0 spiro atoms. The Morgan fingerprint density at radius 2 is 1.77 bits per heavy atom. The molecule has 0 radical (unpaired) electrons. The summed E-state index contributed by atoms with van der Waals surface area (Å²) in [5.41, 5.74) is 1.08. The number of piperidine rings is 1. The van der Waals surface area contributed by atoms with Crippen LogP contribution in [0.3, 0.4) is 0 Å². The third kappa shape index (κ3) is 5.83. The quantitative estimate of drug-likeness (QED) is 0.689. The van der Waals surface area contributed by atoms with E-state index in [0.717, 1.165) is 24.3 Å². The van der Waals surface area contributed by atoms with E-state index in [2.05, 4.69) is 14.9 Å².